The zero-order valence-corrected chi connectivity index (χ0v) is 11.1. The van der Waals surface area contributed by atoms with Gasteiger partial charge in [0, 0.05) is 17.8 Å². The van der Waals surface area contributed by atoms with Gasteiger partial charge in [0.05, 0.1) is 13.7 Å². The number of aliphatic hydroxyl groups excluding tert-OH is 1. The monoisotopic (exact) mass is 273 g/mol. The Morgan fingerprint density at radius 1 is 1.30 bits per heavy atom. The minimum atomic E-state index is -0.194. The molecule has 0 radical (unpaired) electrons. The number of hydrogen-bond acceptors (Lipinski definition) is 5. The Balaban J connectivity index is 1.80. The molecule has 0 saturated carbocycles. The number of nitrogens with zero attached hydrogens (tertiary/aromatic N) is 1. The molecule has 0 aliphatic carbocycles. The van der Waals surface area contributed by atoms with E-state index in [4.69, 9.17) is 19.3 Å². The minimum Gasteiger partial charge on any atom is -0.485 e. The molecule has 1 aliphatic heterocycles. The summed E-state index contributed by atoms with van der Waals surface area (Å²) >= 11 is 0. The van der Waals surface area contributed by atoms with Crippen molar-refractivity contribution in [2.45, 2.75) is 12.7 Å². The second kappa shape index (κ2) is 5.38. The maximum Gasteiger partial charge on any atom is 0.212 e. The predicted molar refractivity (Wildman–Crippen MR) is 72.0 cm³/mol. The third-order valence-corrected chi connectivity index (χ3v) is 3.19. The van der Waals surface area contributed by atoms with Crippen molar-refractivity contribution in [1.29, 1.82) is 0 Å². The summed E-state index contributed by atoms with van der Waals surface area (Å²) in [5.41, 5.74) is 1.74. The van der Waals surface area contributed by atoms with Gasteiger partial charge in [-0.1, -0.05) is 6.07 Å². The van der Waals surface area contributed by atoms with Crippen LogP contribution in [-0.2, 0) is 6.61 Å². The molecule has 20 heavy (non-hydrogen) atoms. The van der Waals surface area contributed by atoms with Crippen molar-refractivity contribution in [1.82, 2.24) is 4.98 Å². The maximum atomic E-state index is 9.10. The Morgan fingerprint density at radius 2 is 2.20 bits per heavy atom. The number of rotatable bonds is 3. The Kier molecular flexibility index (Phi) is 3.43. The van der Waals surface area contributed by atoms with E-state index in [1.54, 1.807) is 25.4 Å². The zero-order valence-electron chi connectivity index (χ0n) is 11.1. The average molecular weight is 273 g/mol. The second-order valence-corrected chi connectivity index (χ2v) is 4.49. The molecule has 104 valence electrons. The second-order valence-electron chi connectivity index (χ2n) is 4.49. The number of ether oxygens (including phenoxy) is 3. The topological polar surface area (TPSA) is 60.8 Å². The van der Waals surface area contributed by atoms with Crippen molar-refractivity contribution in [2.75, 3.05) is 13.7 Å². The van der Waals surface area contributed by atoms with Gasteiger partial charge in [0.2, 0.25) is 5.88 Å². The van der Waals surface area contributed by atoms with Gasteiger partial charge in [-0.3, -0.25) is 0 Å². The van der Waals surface area contributed by atoms with Crippen LogP contribution < -0.4 is 14.2 Å². The van der Waals surface area contributed by atoms with Gasteiger partial charge in [0.25, 0.3) is 0 Å². The molecule has 0 bridgehead atoms. The summed E-state index contributed by atoms with van der Waals surface area (Å²) in [5.74, 6) is 1.90. The van der Waals surface area contributed by atoms with Gasteiger partial charge >= 0.3 is 0 Å². The van der Waals surface area contributed by atoms with Crippen molar-refractivity contribution in [3.8, 4) is 17.4 Å². The number of benzene rings is 1. The van der Waals surface area contributed by atoms with E-state index in [-0.39, 0.29) is 12.7 Å². The van der Waals surface area contributed by atoms with Gasteiger partial charge in [0.1, 0.15) is 6.61 Å². The first-order valence-electron chi connectivity index (χ1n) is 6.33. The largest absolute Gasteiger partial charge is 0.485 e. The molecule has 0 spiro atoms. The van der Waals surface area contributed by atoms with Gasteiger partial charge < -0.3 is 19.3 Å². The summed E-state index contributed by atoms with van der Waals surface area (Å²) < 4.78 is 16.6. The number of fused-ring (bicyclic) bond motifs is 1. The molecule has 1 aromatic carbocycles. The number of methoxy groups -OCH3 is 1. The minimum absolute atomic E-state index is 0.0114. The number of aromatic nitrogens is 1. The summed E-state index contributed by atoms with van der Waals surface area (Å²) in [6.07, 6.45) is 1.53. The lowest BCUT2D eigenvalue weighted by molar-refractivity contribution is 0.0906. The van der Waals surface area contributed by atoms with E-state index >= 15 is 0 Å². The van der Waals surface area contributed by atoms with Crippen LogP contribution in [-0.4, -0.2) is 23.8 Å². The Bertz CT molecular complexity index is 597. The fraction of sp³-hybridized carbons (Fsp3) is 0.267. The van der Waals surface area contributed by atoms with Crippen LogP contribution in [0.1, 0.15) is 17.2 Å². The smallest absolute Gasteiger partial charge is 0.212 e. The summed E-state index contributed by atoms with van der Waals surface area (Å²) in [6.45, 7) is 0.401. The van der Waals surface area contributed by atoms with Crippen LogP contribution in [0, 0.1) is 0 Å². The first-order valence-corrected chi connectivity index (χ1v) is 6.33. The van der Waals surface area contributed by atoms with E-state index in [2.05, 4.69) is 4.98 Å². The van der Waals surface area contributed by atoms with Crippen molar-refractivity contribution < 1.29 is 19.3 Å². The number of aliphatic hydroxyl groups is 1. The van der Waals surface area contributed by atoms with Crippen LogP contribution in [0.5, 0.6) is 17.4 Å². The van der Waals surface area contributed by atoms with Crippen LogP contribution >= 0.6 is 0 Å². The summed E-state index contributed by atoms with van der Waals surface area (Å²) in [6, 6.07) is 9.12. The Morgan fingerprint density at radius 3 is 2.90 bits per heavy atom. The van der Waals surface area contributed by atoms with Gasteiger partial charge in [-0.05, 0) is 23.8 Å². The van der Waals surface area contributed by atoms with E-state index in [1.807, 2.05) is 18.2 Å². The lowest BCUT2D eigenvalue weighted by Gasteiger charge is -2.27. The summed E-state index contributed by atoms with van der Waals surface area (Å²) in [4.78, 5) is 4.16. The van der Waals surface area contributed by atoms with E-state index in [1.165, 1.54) is 0 Å². The van der Waals surface area contributed by atoms with Crippen LogP contribution in [0.15, 0.2) is 36.5 Å². The van der Waals surface area contributed by atoms with E-state index in [0.29, 0.717) is 24.0 Å². The van der Waals surface area contributed by atoms with Crippen LogP contribution in [0.3, 0.4) is 0 Å². The molecule has 3 rings (SSSR count). The molecule has 1 unspecified atom stereocenters. The lowest BCUT2D eigenvalue weighted by atomic mass is 10.1. The Hall–Kier alpha value is -2.27. The first-order chi connectivity index (χ1) is 9.80. The molecule has 5 nitrogen and oxygen atoms in total. The summed E-state index contributed by atoms with van der Waals surface area (Å²) in [5, 5.41) is 9.10. The highest BCUT2D eigenvalue weighted by Crippen LogP contribution is 2.36. The van der Waals surface area contributed by atoms with Crippen molar-refractivity contribution in [3.05, 3.63) is 47.7 Å². The molecular formula is C15H15NO4. The SMILES string of the molecule is COc1ccc(C2COc3cc(CO)ccc3O2)cn1. The molecule has 0 amide bonds. The maximum absolute atomic E-state index is 9.10. The van der Waals surface area contributed by atoms with Crippen LogP contribution in [0.2, 0.25) is 0 Å². The third-order valence-electron chi connectivity index (χ3n) is 3.19. The highest BCUT2D eigenvalue weighted by atomic mass is 16.6. The number of hydrogen-bond donors (Lipinski definition) is 1. The fourth-order valence-corrected chi connectivity index (χ4v) is 2.08. The van der Waals surface area contributed by atoms with Crippen LogP contribution in [0.25, 0.3) is 0 Å². The lowest BCUT2D eigenvalue weighted by Crippen LogP contribution is -2.21. The normalized spacial score (nSPS) is 16.8. The zero-order chi connectivity index (χ0) is 13.9. The van der Waals surface area contributed by atoms with Crippen molar-refractivity contribution in [3.63, 3.8) is 0 Å². The molecule has 5 heteroatoms. The molecule has 1 aliphatic rings. The van der Waals surface area contributed by atoms with Crippen molar-refractivity contribution >= 4 is 0 Å². The highest BCUT2D eigenvalue weighted by molar-refractivity contribution is 5.44. The molecule has 2 heterocycles. The molecule has 1 N–H and O–H groups in total. The van der Waals surface area contributed by atoms with Gasteiger partial charge in [0.15, 0.2) is 17.6 Å². The number of pyridine rings is 1. The average Bonchev–Trinajstić information content (AvgIpc) is 2.54. The molecule has 1 aromatic heterocycles. The van der Waals surface area contributed by atoms with Crippen LogP contribution in [0.4, 0.5) is 0 Å². The highest BCUT2D eigenvalue weighted by Gasteiger charge is 2.23. The third kappa shape index (κ3) is 2.40. The van der Waals surface area contributed by atoms with E-state index < -0.39 is 0 Å². The quantitative estimate of drug-likeness (QED) is 0.928. The molecule has 0 fully saturated rings. The van der Waals surface area contributed by atoms with E-state index in [9.17, 15) is 0 Å². The van der Waals surface area contributed by atoms with E-state index in [0.717, 1.165) is 11.1 Å². The first kappa shape index (κ1) is 12.7. The standard InChI is InChI=1S/C15H15NO4/c1-18-15-5-3-11(7-16-15)14-9-19-13-6-10(8-17)2-4-12(13)20-14/h2-7,14,17H,8-9H2,1H3. The molecule has 1 atom stereocenters. The molecular weight excluding hydrogens is 258 g/mol. The fourth-order valence-electron chi connectivity index (χ4n) is 2.08. The van der Waals surface area contributed by atoms with Gasteiger partial charge in [-0.25, -0.2) is 4.98 Å². The predicted octanol–water partition coefficient (Wildman–Crippen LogP) is 2.09. The van der Waals surface area contributed by atoms with Crippen molar-refractivity contribution in [2.24, 2.45) is 0 Å². The van der Waals surface area contributed by atoms with Gasteiger partial charge in [-0.15, -0.1) is 0 Å². The van der Waals surface area contributed by atoms with Gasteiger partial charge in [-0.2, -0.15) is 0 Å². The Labute approximate surface area is 116 Å². The molecule has 2 aromatic rings. The molecule has 0 saturated heterocycles. The summed E-state index contributed by atoms with van der Waals surface area (Å²) in [7, 11) is 1.58.